The summed E-state index contributed by atoms with van der Waals surface area (Å²) in [6.45, 7) is 1.71. The van der Waals surface area contributed by atoms with Gasteiger partial charge < -0.3 is 10.1 Å². The Hall–Kier alpha value is -2.36. The first-order valence-electron chi connectivity index (χ1n) is 6.83. The Labute approximate surface area is 118 Å². The van der Waals surface area contributed by atoms with Crippen molar-refractivity contribution in [2.75, 3.05) is 11.4 Å². The van der Waals surface area contributed by atoms with Crippen LogP contribution >= 0.6 is 0 Å². The zero-order valence-corrected chi connectivity index (χ0v) is 11.2. The van der Waals surface area contributed by atoms with Crippen molar-refractivity contribution in [1.29, 1.82) is 0 Å². The molecule has 1 aromatic carbocycles. The highest BCUT2D eigenvalue weighted by molar-refractivity contribution is 6.05. The van der Waals surface area contributed by atoms with E-state index in [0.29, 0.717) is 0 Å². The van der Waals surface area contributed by atoms with Gasteiger partial charge in [0.25, 0.3) is 0 Å². The molecule has 0 bridgehead atoms. The minimum absolute atomic E-state index is 0.768. The maximum absolute atomic E-state index is 9.20. The second-order valence-electron chi connectivity index (χ2n) is 4.91. The summed E-state index contributed by atoms with van der Waals surface area (Å²) in [5, 5.41) is 12.7. The molecule has 102 valence electrons. The molecule has 0 saturated heterocycles. The van der Waals surface area contributed by atoms with Gasteiger partial charge in [-0.05, 0) is 31.0 Å². The van der Waals surface area contributed by atoms with Crippen molar-refractivity contribution in [2.24, 2.45) is 5.16 Å². The van der Waals surface area contributed by atoms with E-state index >= 15 is 0 Å². The molecule has 0 aliphatic carbocycles. The van der Waals surface area contributed by atoms with Crippen LogP contribution in [0.15, 0.2) is 53.8 Å². The third-order valence-electron chi connectivity index (χ3n) is 3.60. The molecule has 0 saturated carbocycles. The van der Waals surface area contributed by atoms with Gasteiger partial charge in [0, 0.05) is 24.0 Å². The largest absolute Gasteiger partial charge is 0.411 e. The van der Waals surface area contributed by atoms with Gasteiger partial charge in [0.05, 0.1) is 18.0 Å². The highest BCUT2D eigenvalue weighted by Crippen LogP contribution is 2.27. The van der Waals surface area contributed by atoms with Crippen LogP contribution in [0, 0.1) is 0 Å². The lowest BCUT2D eigenvalue weighted by molar-refractivity contribution is 0.318. The molecule has 20 heavy (non-hydrogen) atoms. The maximum Gasteiger partial charge on any atom is 0.0889 e. The van der Waals surface area contributed by atoms with Crippen molar-refractivity contribution < 1.29 is 5.21 Å². The van der Waals surface area contributed by atoms with Crippen molar-refractivity contribution in [1.82, 2.24) is 4.98 Å². The molecule has 0 atom stereocenters. The van der Waals surface area contributed by atoms with Gasteiger partial charge in [-0.2, -0.15) is 0 Å². The van der Waals surface area contributed by atoms with Crippen molar-refractivity contribution in [3.05, 3.63) is 59.9 Å². The Balaban J connectivity index is 1.95. The van der Waals surface area contributed by atoms with Crippen LogP contribution < -0.4 is 4.90 Å². The number of anilines is 1. The van der Waals surface area contributed by atoms with Crippen LogP contribution in [0.25, 0.3) is 0 Å². The summed E-state index contributed by atoms with van der Waals surface area (Å²) in [4.78, 5) is 6.70. The molecule has 1 aliphatic rings. The highest BCUT2D eigenvalue weighted by Gasteiger charge is 2.19. The van der Waals surface area contributed by atoms with Crippen LogP contribution in [0.1, 0.15) is 24.1 Å². The van der Waals surface area contributed by atoms with E-state index in [0.717, 1.165) is 48.6 Å². The van der Waals surface area contributed by atoms with Gasteiger partial charge in [0.15, 0.2) is 0 Å². The molecular formula is C16H17N3O. The van der Waals surface area contributed by atoms with E-state index in [1.54, 1.807) is 0 Å². The van der Waals surface area contributed by atoms with Crippen LogP contribution in [-0.4, -0.2) is 22.4 Å². The SMILES string of the molecule is O/N=C1/CCCN(Cc2ccccn2)c2ccccc21. The summed E-state index contributed by atoms with van der Waals surface area (Å²) in [7, 11) is 0. The van der Waals surface area contributed by atoms with Gasteiger partial charge in [-0.25, -0.2) is 0 Å². The predicted molar refractivity (Wildman–Crippen MR) is 79.3 cm³/mol. The molecule has 1 N–H and O–H groups in total. The van der Waals surface area contributed by atoms with Crippen molar-refractivity contribution in [3.8, 4) is 0 Å². The van der Waals surface area contributed by atoms with E-state index in [-0.39, 0.29) is 0 Å². The molecule has 3 rings (SSSR count). The number of rotatable bonds is 2. The van der Waals surface area contributed by atoms with Crippen LogP contribution in [0.5, 0.6) is 0 Å². The minimum Gasteiger partial charge on any atom is -0.411 e. The van der Waals surface area contributed by atoms with Gasteiger partial charge in [-0.3, -0.25) is 4.98 Å². The Kier molecular flexibility index (Phi) is 3.63. The second kappa shape index (κ2) is 5.74. The average Bonchev–Trinajstić information content (AvgIpc) is 2.68. The Morgan fingerprint density at radius 1 is 1.15 bits per heavy atom. The molecule has 4 nitrogen and oxygen atoms in total. The van der Waals surface area contributed by atoms with Gasteiger partial charge in [0.1, 0.15) is 0 Å². The highest BCUT2D eigenvalue weighted by atomic mass is 16.4. The lowest BCUT2D eigenvalue weighted by Gasteiger charge is -2.24. The van der Waals surface area contributed by atoms with E-state index in [9.17, 15) is 5.21 Å². The molecule has 0 spiro atoms. The number of hydrogen-bond acceptors (Lipinski definition) is 4. The topological polar surface area (TPSA) is 48.7 Å². The standard InChI is InChI=1S/C16H17N3O/c20-18-15-8-5-11-19(12-13-6-3-4-10-17-13)16-9-2-1-7-14(15)16/h1-4,6-7,9-10,20H,5,8,11-12H2/b18-15-. The summed E-state index contributed by atoms with van der Waals surface area (Å²) in [6.07, 6.45) is 3.59. The summed E-state index contributed by atoms with van der Waals surface area (Å²) >= 11 is 0. The average molecular weight is 267 g/mol. The van der Waals surface area contributed by atoms with Crippen LogP contribution in [0.2, 0.25) is 0 Å². The third-order valence-corrected chi connectivity index (χ3v) is 3.60. The summed E-state index contributed by atoms with van der Waals surface area (Å²) < 4.78 is 0. The Morgan fingerprint density at radius 2 is 2.00 bits per heavy atom. The molecule has 4 heteroatoms. The summed E-state index contributed by atoms with van der Waals surface area (Å²) in [6, 6.07) is 14.1. The van der Waals surface area contributed by atoms with Crippen LogP contribution in [0.3, 0.4) is 0 Å². The zero-order chi connectivity index (χ0) is 13.8. The number of hydrogen-bond donors (Lipinski definition) is 1. The van der Waals surface area contributed by atoms with Crippen molar-refractivity contribution >= 4 is 11.4 Å². The summed E-state index contributed by atoms with van der Waals surface area (Å²) in [5.41, 5.74) is 3.95. The Bertz CT molecular complexity index is 610. The van der Waals surface area contributed by atoms with Crippen molar-refractivity contribution in [3.63, 3.8) is 0 Å². The van der Waals surface area contributed by atoms with E-state index in [2.05, 4.69) is 21.1 Å². The Morgan fingerprint density at radius 3 is 2.80 bits per heavy atom. The number of nitrogens with zero attached hydrogens (tertiary/aromatic N) is 3. The fraction of sp³-hybridized carbons (Fsp3) is 0.250. The lowest BCUT2D eigenvalue weighted by atomic mass is 10.1. The van der Waals surface area contributed by atoms with Crippen molar-refractivity contribution in [2.45, 2.75) is 19.4 Å². The first-order chi connectivity index (χ1) is 9.88. The monoisotopic (exact) mass is 267 g/mol. The minimum atomic E-state index is 0.768. The normalized spacial score (nSPS) is 16.8. The lowest BCUT2D eigenvalue weighted by Crippen LogP contribution is -2.24. The molecule has 0 amide bonds. The van der Waals surface area contributed by atoms with E-state index < -0.39 is 0 Å². The van der Waals surface area contributed by atoms with E-state index in [4.69, 9.17) is 0 Å². The van der Waals surface area contributed by atoms with Gasteiger partial charge in [-0.1, -0.05) is 29.4 Å². The van der Waals surface area contributed by atoms with Gasteiger partial charge in [-0.15, -0.1) is 0 Å². The van der Waals surface area contributed by atoms with Crippen LogP contribution in [0.4, 0.5) is 5.69 Å². The third kappa shape index (κ3) is 2.50. The van der Waals surface area contributed by atoms with Crippen LogP contribution in [-0.2, 0) is 6.54 Å². The zero-order valence-electron chi connectivity index (χ0n) is 11.2. The molecule has 0 fully saturated rings. The first kappa shape index (κ1) is 12.7. The number of benzene rings is 1. The molecule has 2 aromatic rings. The predicted octanol–water partition coefficient (Wildman–Crippen LogP) is 3.06. The fourth-order valence-corrected chi connectivity index (χ4v) is 2.64. The summed E-state index contributed by atoms with van der Waals surface area (Å²) in [5.74, 6) is 0. The number of oxime groups is 1. The number of pyridine rings is 1. The van der Waals surface area contributed by atoms with E-state index in [1.807, 2.05) is 42.6 Å². The molecule has 1 aliphatic heterocycles. The molecule has 2 heterocycles. The second-order valence-corrected chi connectivity index (χ2v) is 4.91. The molecular weight excluding hydrogens is 250 g/mol. The quantitative estimate of drug-likeness (QED) is 0.672. The molecule has 0 radical (unpaired) electrons. The molecule has 0 unspecified atom stereocenters. The van der Waals surface area contributed by atoms with Gasteiger partial charge in [0.2, 0.25) is 0 Å². The molecule has 1 aromatic heterocycles. The number of para-hydroxylation sites is 1. The number of fused-ring (bicyclic) bond motifs is 1. The number of aromatic nitrogens is 1. The fourth-order valence-electron chi connectivity index (χ4n) is 2.64. The smallest absolute Gasteiger partial charge is 0.0889 e. The first-order valence-corrected chi connectivity index (χ1v) is 6.83. The maximum atomic E-state index is 9.20. The van der Waals surface area contributed by atoms with E-state index in [1.165, 1.54) is 0 Å². The van der Waals surface area contributed by atoms with Gasteiger partial charge >= 0.3 is 0 Å².